The molecule has 0 radical (unpaired) electrons. The van der Waals surface area contributed by atoms with Crippen molar-refractivity contribution in [1.82, 2.24) is 24.4 Å². The topological polar surface area (TPSA) is 109 Å². The van der Waals surface area contributed by atoms with Crippen molar-refractivity contribution in [2.24, 2.45) is 0 Å². The summed E-state index contributed by atoms with van der Waals surface area (Å²) in [5, 5.41) is 15.2. The molecule has 1 fully saturated rings. The molecule has 32 heavy (non-hydrogen) atoms. The number of anilines is 1. The molecule has 1 aromatic carbocycles. The van der Waals surface area contributed by atoms with E-state index in [9.17, 15) is 9.90 Å². The highest BCUT2D eigenvalue weighted by Gasteiger charge is 2.23. The Bertz CT molecular complexity index is 1330. The van der Waals surface area contributed by atoms with E-state index in [-0.39, 0.29) is 0 Å². The molecule has 0 saturated carbocycles. The molecule has 0 aliphatic carbocycles. The maximum atomic E-state index is 11.2. The second-order valence-corrected chi connectivity index (χ2v) is 9.13. The number of amides is 1. The number of halogens is 1. The van der Waals surface area contributed by atoms with Crippen molar-refractivity contribution in [2.75, 3.05) is 39.0 Å². The van der Waals surface area contributed by atoms with Gasteiger partial charge in [-0.25, -0.2) is 14.3 Å². The molecule has 0 atom stereocenters. The van der Waals surface area contributed by atoms with E-state index < -0.39 is 6.09 Å². The first-order valence-corrected chi connectivity index (χ1v) is 11.2. The number of piperazine rings is 1. The van der Waals surface area contributed by atoms with E-state index in [1.165, 1.54) is 11.2 Å². The molecular formula is C21H21ClN6O3S. The highest BCUT2D eigenvalue weighted by Crippen LogP contribution is 2.42. The van der Waals surface area contributed by atoms with Crippen molar-refractivity contribution < 1.29 is 14.6 Å². The Labute approximate surface area is 192 Å². The van der Waals surface area contributed by atoms with Gasteiger partial charge >= 0.3 is 6.09 Å². The second kappa shape index (κ2) is 8.12. The average molecular weight is 473 g/mol. The van der Waals surface area contributed by atoms with Gasteiger partial charge in [0.1, 0.15) is 17.6 Å². The van der Waals surface area contributed by atoms with E-state index in [0.29, 0.717) is 43.6 Å². The zero-order chi connectivity index (χ0) is 22.4. The Hall–Kier alpha value is -3.08. The highest BCUT2D eigenvalue weighted by atomic mass is 35.5. The smallest absolute Gasteiger partial charge is 0.407 e. The number of carbonyl (C=O) groups is 1. The first-order chi connectivity index (χ1) is 15.4. The van der Waals surface area contributed by atoms with Gasteiger partial charge in [0.25, 0.3) is 0 Å². The van der Waals surface area contributed by atoms with Gasteiger partial charge in [-0.2, -0.15) is 5.10 Å². The van der Waals surface area contributed by atoms with Crippen LogP contribution in [0.25, 0.3) is 26.0 Å². The third-order valence-corrected chi connectivity index (χ3v) is 7.13. The normalized spacial score (nSPS) is 15.0. The van der Waals surface area contributed by atoms with Crippen molar-refractivity contribution in [3.05, 3.63) is 41.3 Å². The standard InChI is InChI=1S/C21H21ClN6O3S/c1-31-16-8-13(22)6-12-7-17(32-19(12)16)15-9-14(28-18(15)20(23)24-11-25-28)10-26-2-4-27(5-3-26)21(29)30/h6-9,11H,2-5,10H2,1H3,(H,29,30)(H2,23,24,25). The quantitative estimate of drug-likeness (QED) is 0.466. The predicted octanol–water partition coefficient (Wildman–Crippen LogP) is 3.65. The Morgan fingerprint density at radius 2 is 2.03 bits per heavy atom. The Morgan fingerprint density at radius 1 is 1.25 bits per heavy atom. The van der Waals surface area contributed by atoms with Crippen LogP contribution in [0.3, 0.4) is 0 Å². The van der Waals surface area contributed by atoms with Crippen molar-refractivity contribution >= 4 is 50.5 Å². The third-order valence-electron chi connectivity index (χ3n) is 5.72. The summed E-state index contributed by atoms with van der Waals surface area (Å²) >= 11 is 7.86. The van der Waals surface area contributed by atoms with E-state index in [0.717, 1.165) is 37.5 Å². The number of benzene rings is 1. The molecule has 166 valence electrons. The van der Waals surface area contributed by atoms with Crippen LogP contribution < -0.4 is 10.5 Å². The van der Waals surface area contributed by atoms with Gasteiger partial charge in [-0.15, -0.1) is 11.3 Å². The molecule has 5 rings (SSSR count). The molecule has 0 unspecified atom stereocenters. The fraction of sp³-hybridized carbons (Fsp3) is 0.286. The molecule has 4 heterocycles. The molecule has 3 aromatic heterocycles. The van der Waals surface area contributed by atoms with Crippen LogP contribution in [-0.4, -0.2) is 68.9 Å². The first kappa shape index (κ1) is 20.8. The van der Waals surface area contributed by atoms with E-state index in [4.69, 9.17) is 22.1 Å². The zero-order valence-corrected chi connectivity index (χ0v) is 18.9. The molecule has 0 bridgehead atoms. The van der Waals surface area contributed by atoms with Crippen LogP contribution in [0.1, 0.15) is 5.69 Å². The average Bonchev–Trinajstić information content (AvgIpc) is 3.36. The lowest BCUT2D eigenvalue weighted by molar-refractivity contribution is 0.102. The number of hydrogen-bond acceptors (Lipinski definition) is 7. The molecule has 11 heteroatoms. The number of nitrogens with zero attached hydrogens (tertiary/aromatic N) is 5. The molecular weight excluding hydrogens is 452 g/mol. The van der Waals surface area contributed by atoms with Crippen LogP contribution in [0.2, 0.25) is 5.02 Å². The lowest BCUT2D eigenvalue weighted by Crippen LogP contribution is -2.47. The van der Waals surface area contributed by atoms with Gasteiger partial charge < -0.3 is 20.5 Å². The number of nitrogens with two attached hydrogens (primary N) is 1. The van der Waals surface area contributed by atoms with Crippen LogP contribution in [0.4, 0.5) is 10.6 Å². The van der Waals surface area contributed by atoms with Gasteiger partial charge in [0.2, 0.25) is 0 Å². The molecule has 0 spiro atoms. The van der Waals surface area contributed by atoms with Gasteiger partial charge in [-0.3, -0.25) is 4.90 Å². The van der Waals surface area contributed by atoms with Gasteiger partial charge in [-0.05, 0) is 23.6 Å². The summed E-state index contributed by atoms with van der Waals surface area (Å²) in [6.45, 7) is 2.92. The number of hydrogen-bond donors (Lipinski definition) is 2. The minimum atomic E-state index is -0.874. The number of thiophene rings is 1. The molecule has 9 nitrogen and oxygen atoms in total. The van der Waals surface area contributed by atoms with Gasteiger partial charge in [0.15, 0.2) is 5.82 Å². The van der Waals surface area contributed by atoms with Crippen LogP contribution in [0.5, 0.6) is 5.75 Å². The number of nitrogen functional groups attached to an aromatic ring is 1. The molecule has 3 N–H and O–H groups in total. The minimum absolute atomic E-state index is 0.402. The maximum Gasteiger partial charge on any atom is 0.407 e. The number of carboxylic acid groups (broad SMARTS) is 1. The lowest BCUT2D eigenvalue weighted by Gasteiger charge is -2.32. The highest BCUT2D eigenvalue weighted by molar-refractivity contribution is 7.22. The van der Waals surface area contributed by atoms with E-state index >= 15 is 0 Å². The summed E-state index contributed by atoms with van der Waals surface area (Å²) in [5.41, 5.74) is 8.94. The summed E-state index contributed by atoms with van der Waals surface area (Å²) in [6.07, 6.45) is 0.576. The summed E-state index contributed by atoms with van der Waals surface area (Å²) in [5.74, 6) is 1.13. The number of fused-ring (bicyclic) bond motifs is 2. The first-order valence-electron chi connectivity index (χ1n) is 10.0. The fourth-order valence-corrected chi connectivity index (χ4v) is 5.50. The van der Waals surface area contributed by atoms with Crippen molar-refractivity contribution in [2.45, 2.75) is 6.54 Å². The summed E-state index contributed by atoms with van der Waals surface area (Å²) in [7, 11) is 1.63. The monoisotopic (exact) mass is 472 g/mol. The maximum absolute atomic E-state index is 11.2. The predicted molar refractivity (Wildman–Crippen MR) is 125 cm³/mol. The molecule has 1 amide bonds. The Morgan fingerprint density at radius 3 is 2.75 bits per heavy atom. The Balaban J connectivity index is 1.55. The number of methoxy groups -OCH3 is 1. The van der Waals surface area contributed by atoms with Crippen LogP contribution in [0, 0.1) is 0 Å². The molecule has 1 aliphatic heterocycles. The van der Waals surface area contributed by atoms with E-state index in [1.54, 1.807) is 18.4 Å². The van der Waals surface area contributed by atoms with E-state index in [2.05, 4.69) is 27.1 Å². The molecule has 1 saturated heterocycles. The lowest BCUT2D eigenvalue weighted by atomic mass is 10.2. The number of rotatable bonds is 4. The third kappa shape index (κ3) is 3.60. The van der Waals surface area contributed by atoms with Gasteiger partial charge in [0, 0.05) is 54.3 Å². The van der Waals surface area contributed by atoms with Crippen LogP contribution in [-0.2, 0) is 6.54 Å². The number of ether oxygens (including phenoxy) is 1. The summed E-state index contributed by atoms with van der Waals surface area (Å²) in [6, 6.07) is 7.89. The van der Waals surface area contributed by atoms with Crippen molar-refractivity contribution in [3.63, 3.8) is 0 Å². The number of aromatic nitrogens is 3. The van der Waals surface area contributed by atoms with Gasteiger partial charge in [0.05, 0.1) is 17.5 Å². The minimum Gasteiger partial charge on any atom is -0.495 e. The second-order valence-electron chi connectivity index (χ2n) is 7.64. The summed E-state index contributed by atoms with van der Waals surface area (Å²) < 4.78 is 8.36. The largest absolute Gasteiger partial charge is 0.495 e. The van der Waals surface area contributed by atoms with Crippen LogP contribution in [0.15, 0.2) is 30.6 Å². The van der Waals surface area contributed by atoms with Gasteiger partial charge in [-0.1, -0.05) is 11.6 Å². The SMILES string of the molecule is COc1cc(Cl)cc2cc(-c3cc(CN4CCN(C(=O)O)CC4)n4ncnc(N)c34)sc12. The summed E-state index contributed by atoms with van der Waals surface area (Å²) in [4.78, 5) is 20.1. The Kier molecular flexibility index (Phi) is 5.28. The van der Waals surface area contributed by atoms with Crippen molar-refractivity contribution in [3.8, 4) is 16.2 Å². The van der Waals surface area contributed by atoms with Crippen LogP contribution >= 0.6 is 22.9 Å². The van der Waals surface area contributed by atoms with E-state index in [1.807, 2.05) is 16.6 Å². The fourth-order valence-electron chi connectivity index (χ4n) is 4.13. The zero-order valence-electron chi connectivity index (χ0n) is 17.3. The molecule has 1 aliphatic rings. The van der Waals surface area contributed by atoms with Crippen molar-refractivity contribution in [1.29, 1.82) is 0 Å². The molecule has 4 aromatic rings.